The van der Waals surface area contributed by atoms with Crippen LogP contribution in [0.15, 0.2) is 28.8 Å². The molecule has 2 aromatic rings. The zero-order valence-electron chi connectivity index (χ0n) is 12.8. The zero-order chi connectivity index (χ0) is 17.1. The maximum absolute atomic E-state index is 12.1. The van der Waals surface area contributed by atoms with Crippen molar-refractivity contribution in [2.24, 2.45) is 5.92 Å². The van der Waals surface area contributed by atoms with Gasteiger partial charge in [0.05, 0.1) is 5.92 Å². The summed E-state index contributed by atoms with van der Waals surface area (Å²) in [6, 6.07) is 7.06. The second-order valence-electron chi connectivity index (χ2n) is 5.68. The first-order chi connectivity index (χ1) is 11.5. The molecule has 1 fully saturated rings. The molecule has 1 aromatic carbocycles. The third kappa shape index (κ3) is 3.73. The minimum atomic E-state index is -0.852. The van der Waals surface area contributed by atoms with E-state index in [1.807, 2.05) is 0 Å². The topological polar surface area (TPSA) is 96.5 Å². The van der Waals surface area contributed by atoms with Crippen LogP contribution in [0.2, 0.25) is 5.02 Å². The van der Waals surface area contributed by atoms with Crippen LogP contribution in [-0.4, -0.2) is 45.1 Å². The molecule has 0 radical (unpaired) electrons. The van der Waals surface area contributed by atoms with E-state index >= 15 is 0 Å². The molecule has 0 bridgehead atoms. The van der Waals surface area contributed by atoms with Crippen molar-refractivity contribution in [2.45, 2.75) is 19.3 Å². The number of aliphatic carboxylic acids is 1. The van der Waals surface area contributed by atoms with Crippen molar-refractivity contribution in [3.63, 3.8) is 0 Å². The maximum atomic E-state index is 12.1. The third-order valence-electron chi connectivity index (χ3n) is 4.01. The number of benzene rings is 1. The second kappa shape index (κ2) is 7.00. The molecule has 1 saturated heterocycles. The van der Waals surface area contributed by atoms with Crippen molar-refractivity contribution in [2.75, 3.05) is 13.1 Å². The van der Waals surface area contributed by atoms with E-state index in [1.165, 1.54) is 0 Å². The van der Waals surface area contributed by atoms with E-state index in [0.29, 0.717) is 36.1 Å². The first kappa shape index (κ1) is 16.4. The number of carbonyl (C=O) groups is 2. The molecule has 0 aliphatic carbocycles. The van der Waals surface area contributed by atoms with Crippen molar-refractivity contribution in [3.05, 3.63) is 35.2 Å². The Kier molecular flexibility index (Phi) is 4.80. The number of carboxylic acid groups (broad SMARTS) is 1. The van der Waals surface area contributed by atoms with Crippen LogP contribution in [0.1, 0.15) is 18.7 Å². The molecular weight excluding hydrogens is 334 g/mol. The highest BCUT2D eigenvalue weighted by Gasteiger charge is 2.30. The van der Waals surface area contributed by atoms with Gasteiger partial charge >= 0.3 is 5.97 Å². The molecule has 0 spiro atoms. The molecule has 2 heterocycles. The molecule has 3 rings (SSSR count). The molecule has 1 atom stereocenters. The van der Waals surface area contributed by atoms with Crippen molar-refractivity contribution in [1.82, 2.24) is 15.0 Å². The summed E-state index contributed by atoms with van der Waals surface area (Å²) in [6.45, 7) is 0.754. The Bertz CT molecular complexity index is 744. The summed E-state index contributed by atoms with van der Waals surface area (Å²) in [5, 5.41) is 13.5. The van der Waals surface area contributed by atoms with Gasteiger partial charge in [0.15, 0.2) is 0 Å². The molecule has 1 aromatic heterocycles. The lowest BCUT2D eigenvalue weighted by Gasteiger charge is -2.14. The van der Waals surface area contributed by atoms with Gasteiger partial charge in [0.2, 0.25) is 17.6 Å². The Morgan fingerprint density at radius 1 is 1.33 bits per heavy atom. The molecule has 0 unspecified atom stereocenters. The number of carboxylic acids is 1. The number of halogens is 1. The second-order valence-corrected chi connectivity index (χ2v) is 6.12. The van der Waals surface area contributed by atoms with E-state index in [-0.39, 0.29) is 18.9 Å². The highest BCUT2D eigenvalue weighted by atomic mass is 35.5. The summed E-state index contributed by atoms with van der Waals surface area (Å²) in [6.07, 6.45) is 1.05. The fourth-order valence-electron chi connectivity index (χ4n) is 2.63. The van der Waals surface area contributed by atoms with Crippen molar-refractivity contribution >= 4 is 23.5 Å². The molecule has 1 aliphatic heterocycles. The SMILES string of the molecule is O=C(O)[C@H]1CCN(C(=O)CCc2nc(-c3ccc(Cl)cc3)no2)C1. The molecule has 1 amide bonds. The lowest BCUT2D eigenvalue weighted by molar-refractivity contribution is -0.141. The summed E-state index contributed by atoms with van der Waals surface area (Å²) in [7, 11) is 0. The van der Waals surface area contributed by atoms with E-state index in [9.17, 15) is 9.59 Å². The Morgan fingerprint density at radius 3 is 2.75 bits per heavy atom. The van der Waals surface area contributed by atoms with Crippen LogP contribution in [0.4, 0.5) is 0 Å². The summed E-state index contributed by atoms with van der Waals surface area (Å²) < 4.78 is 5.16. The summed E-state index contributed by atoms with van der Waals surface area (Å²) in [5.41, 5.74) is 0.782. The normalized spacial score (nSPS) is 17.2. The van der Waals surface area contributed by atoms with Crippen molar-refractivity contribution < 1.29 is 19.2 Å². The van der Waals surface area contributed by atoms with Crippen LogP contribution in [0.25, 0.3) is 11.4 Å². The van der Waals surface area contributed by atoms with Gasteiger partial charge in [-0.15, -0.1) is 0 Å². The Morgan fingerprint density at radius 2 is 2.08 bits per heavy atom. The molecule has 126 valence electrons. The van der Waals surface area contributed by atoms with Crippen molar-refractivity contribution in [3.8, 4) is 11.4 Å². The number of amides is 1. The van der Waals surface area contributed by atoms with Crippen LogP contribution in [0, 0.1) is 5.92 Å². The maximum Gasteiger partial charge on any atom is 0.308 e. The standard InChI is InChI=1S/C16H16ClN3O4/c17-12-3-1-10(2-4-12)15-18-13(24-19-15)5-6-14(21)20-8-7-11(9-20)16(22)23/h1-4,11H,5-9H2,(H,22,23)/t11-/m0/s1. The Hall–Kier alpha value is -2.41. The lowest BCUT2D eigenvalue weighted by Crippen LogP contribution is -2.30. The van der Waals surface area contributed by atoms with Crippen molar-refractivity contribution in [1.29, 1.82) is 0 Å². The Balaban J connectivity index is 1.55. The Labute approximate surface area is 143 Å². The average molecular weight is 350 g/mol. The van der Waals surface area contributed by atoms with Gasteiger partial charge in [0.25, 0.3) is 0 Å². The smallest absolute Gasteiger partial charge is 0.308 e. The molecule has 1 N–H and O–H groups in total. The van der Waals surface area contributed by atoms with Gasteiger partial charge in [-0.1, -0.05) is 16.8 Å². The number of likely N-dealkylation sites (tertiary alicyclic amines) is 1. The molecule has 1 aliphatic rings. The molecule has 7 nitrogen and oxygen atoms in total. The van der Waals surface area contributed by atoms with E-state index in [2.05, 4.69) is 10.1 Å². The van der Waals surface area contributed by atoms with E-state index < -0.39 is 11.9 Å². The number of hydrogen-bond donors (Lipinski definition) is 1. The first-order valence-corrected chi connectivity index (χ1v) is 8.00. The first-order valence-electron chi connectivity index (χ1n) is 7.62. The molecule has 24 heavy (non-hydrogen) atoms. The number of carbonyl (C=O) groups excluding carboxylic acids is 1. The molecule has 8 heteroatoms. The fourth-order valence-corrected chi connectivity index (χ4v) is 2.76. The van der Waals surface area contributed by atoms with Gasteiger partial charge in [-0.2, -0.15) is 4.98 Å². The predicted octanol–water partition coefficient (Wildman–Crippen LogP) is 2.26. The number of aromatic nitrogens is 2. The van der Waals surface area contributed by atoms with Gasteiger partial charge < -0.3 is 14.5 Å². The minimum absolute atomic E-state index is 0.0926. The monoisotopic (exact) mass is 349 g/mol. The van der Waals surface area contributed by atoms with Gasteiger partial charge in [-0.05, 0) is 30.7 Å². The minimum Gasteiger partial charge on any atom is -0.481 e. The van der Waals surface area contributed by atoms with Crippen LogP contribution >= 0.6 is 11.6 Å². The van der Waals surface area contributed by atoms with Gasteiger partial charge in [0, 0.05) is 36.5 Å². The van der Waals surface area contributed by atoms with Crippen LogP contribution in [0.5, 0.6) is 0 Å². The quantitative estimate of drug-likeness (QED) is 0.889. The van der Waals surface area contributed by atoms with Crippen LogP contribution in [-0.2, 0) is 16.0 Å². The highest BCUT2D eigenvalue weighted by molar-refractivity contribution is 6.30. The third-order valence-corrected chi connectivity index (χ3v) is 4.27. The number of nitrogens with zero attached hydrogens (tertiary/aromatic N) is 3. The summed E-state index contributed by atoms with van der Waals surface area (Å²) in [4.78, 5) is 28.9. The van der Waals surface area contributed by atoms with Gasteiger partial charge in [-0.3, -0.25) is 9.59 Å². The number of rotatable bonds is 5. The summed E-state index contributed by atoms with van der Waals surface area (Å²) in [5.74, 6) is -0.586. The van der Waals surface area contributed by atoms with E-state index in [1.54, 1.807) is 29.2 Å². The van der Waals surface area contributed by atoms with Gasteiger partial charge in [-0.25, -0.2) is 0 Å². The molecule has 0 saturated carbocycles. The number of hydrogen-bond acceptors (Lipinski definition) is 5. The lowest BCUT2D eigenvalue weighted by atomic mass is 10.1. The number of aryl methyl sites for hydroxylation is 1. The van der Waals surface area contributed by atoms with E-state index in [4.69, 9.17) is 21.2 Å². The zero-order valence-corrected chi connectivity index (χ0v) is 13.6. The average Bonchev–Trinajstić information content (AvgIpc) is 3.23. The predicted molar refractivity (Wildman–Crippen MR) is 85.4 cm³/mol. The largest absolute Gasteiger partial charge is 0.481 e. The summed E-state index contributed by atoms with van der Waals surface area (Å²) >= 11 is 5.84. The van der Waals surface area contributed by atoms with Crippen LogP contribution < -0.4 is 0 Å². The van der Waals surface area contributed by atoms with Gasteiger partial charge in [0.1, 0.15) is 0 Å². The van der Waals surface area contributed by atoms with Crippen LogP contribution in [0.3, 0.4) is 0 Å². The molecular formula is C16H16ClN3O4. The fraction of sp³-hybridized carbons (Fsp3) is 0.375. The highest BCUT2D eigenvalue weighted by Crippen LogP contribution is 2.20. The van der Waals surface area contributed by atoms with E-state index in [0.717, 1.165) is 5.56 Å².